The van der Waals surface area contributed by atoms with E-state index in [9.17, 15) is 22.0 Å². The van der Waals surface area contributed by atoms with Crippen LogP contribution in [0.5, 0.6) is 0 Å². The summed E-state index contributed by atoms with van der Waals surface area (Å²) in [5.41, 5.74) is 0.766. The fraction of sp³-hybridized carbons (Fsp3) is 0.0952. The number of nitrogens with zero attached hydrogens (tertiary/aromatic N) is 2. The van der Waals surface area contributed by atoms with E-state index in [0.29, 0.717) is 9.99 Å². The molecule has 1 heterocycles. The van der Waals surface area contributed by atoms with Crippen molar-refractivity contribution in [3.05, 3.63) is 81.8 Å². The van der Waals surface area contributed by atoms with Crippen molar-refractivity contribution in [3.8, 4) is 0 Å². The van der Waals surface area contributed by atoms with E-state index in [0.717, 1.165) is 23.9 Å². The molecule has 2 N–H and O–H groups in total. The number of hydrogen-bond acceptors (Lipinski definition) is 6. The highest BCUT2D eigenvalue weighted by atomic mass is 79.9. The number of anilines is 1. The lowest BCUT2D eigenvalue weighted by molar-refractivity contribution is 0.0940. The second kappa shape index (κ2) is 9.12. The minimum atomic E-state index is -4.12. The van der Waals surface area contributed by atoms with Gasteiger partial charge in [0.2, 0.25) is 0 Å². The molecule has 1 unspecified atom stereocenters. The normalized spacial score (nSPS) is 12.5. The van der Waals surface area contributed by atoms with Crippen LogP contribution in [-0.2, 0) is 10.0 Å². The van der Waals surface area contributed by atoms with Gasteiger partial charge >= 0.3 is 0 Å². The van der Waals surface area contributed by atoms with E-state index in [1.165, 1.54) is 31.2 Å². The van der Waals surface area contributed by atoms with E-state index < -0.39 is 33.6 Å². The Hall–Kier alpha value is -2.96. The monoisotopic (exact) mass is 552 g/mol. The molecule has 1 aromatic heterocycles. The molecule has 33 heavy (non-hydrogen) atoms. The highest BCUT2D eigenvalue weighted by molar-refractivity contribution is 9.10. The molecule has 12 heteroatoms. The van der Waals surface area contributed by atoms with Gasteiger partial charge in [-0.15, -0.1) is 0 Å². The SMILES string of the molecule is CC(NC(=O)c1ccc(Br)cc1NS(=O)(=O)c1cccc2nsnc12)c1ccc(F)cc1F. The summed E-state index contributed by atoms with van der Waals surface area (Å²) in [6, 6.07) is 11.3. The lowest BCUT2D eigenvalue weighted by atomic mass is 10.1. The fourth-order valence-electron chi connectivity index (χ4n) is 3.20. The Morgan fingerprint density at radius 3 is 2.64 bits per heavy atom. The molecule has 0 fully saturated rings. The first kappa shape index (κ1) is 23.2. The van der Waals surface area contributed by atoms with Crippen LogP contribution in [-0.4, -0.2) is 23.1 Å². The third-order valence-corrected chi connectivity index (χ3v) is 7.22. The molecule has 4 aromatic rings. The molecule has 7 nitrogen and oxygen atoms in total. The zero-order valence-electron chi connectivity index (χ0n) is 16.8. The highest BCUT2D eigenvalue weighted by Gasteiger charge is 2.24. The van der Waals surface area contributed by atoms with E-state index in [2.05, 4.69) is 34.7 Å². The van der Waals surface area contributed by atoms with Crippen molar-refractivity contribution >= 4 is 60.3 Å². The van der Waals surface area contributed by atoms with Crippen LogP contribution in [0.2, 0.25) is 0 Å². The average molecular weight is 553 g/mol. The number of sulfonamides is 1. The number of fused-ring (bicyclic) bond motifs is 1. The number of aromatic nitrogens is 2. The summed E-state index contributed by atoms with van der Waals surface area (Å²) in [6.07, 6.45) is 0. The molecule has 0 aliphatic rings. The molecular formula is C21H15BrF2N4O3S2. The maximum absolute atomic E-state index is 14.1. The number of carbonyl (C=O) groups is 1. The molecule has 1 amide bonds. The molecular weight excluding hydrogens is 538 g/mol. The van der Waals surface area contributed by atoms with Crippen molar-refractivity contribution in [1.82, 2.24) is 14.1 Å². The predicted octanol–water partition coefficient (Wildman–Crippen LogP) is 5.02. The predicted molar refractivity (Wildman–Crippen MR) is 125 cm³/mol. The van der Waals surface area contributed by atoms with Gasteiger partial charge in [-0.05, 0) is 43.3 Å². The number of benzene rings is 3. The van der Waals surface area contributed by atoms with Gasteiger partial charge in [0.05, 0.1) is 29.0 Å². The Morgan fingerprint density at radius 1 is 1.09 bits per heavy atom. The summed E-state index contributed by atoms with van der Waals surface area (Å²) in [4.78, 5) is 12.9. The summed E-state index contributed by atoms with van der Waals surface area (Å²) < 4.78 is 64.6. The minimum absolute atomic E-state index is 0.00819. The Bertz CT molecular complexity index is 1480. The zero-order chi connectivity index (χ0) is 23.8. The van der Waals surface area contributed by atoms with E-state index in [4.69, 9.17) is 0 Å². The van der Waals surface area contributed by atoms with Crippen LogP contribution < -0.4 is 10.0 Å². The van der Waals surface area contributed by atoms with Gasteiger partial charge in [-0.25, -0.2) is 17.2 Å². The van der Waals surface area contributed by atoms with Gasteiger partial charge < -0.3 is 5.32 Å². The van der Waals surface area contributed by atoms with Crippen LogP contribution in [0.3, 0.4) is 0 Å². The van der Waals surface area contributed by atoms with Gasteiger partial charge in [0, 0.05) is 16.1 Å². The number of nitrogens with one attached hydrogen (secondary N) is 2. The van der Waals surface area contributed by atoms with Gasteiger partial charge in [-0.1, -0.05) is 28.1 Å². The van der Waals surface area contributed by atoms with E-state index in [-0.39, 0.29) is 27.2 Å². The van der Waals surface area contributed by atoms with E-state index in [1.807, 2.05) is 0 Å². The van der Waals surface area contributed by atoms with Crippen LogP contribution in [0.15, 0.2) is 64.0 Å². The van der Waals surface area contributed by atoms with E-state index in [1.54, 1.807) is 18.2 Å². The van der Waals surface area contributed by atoms with Crippen molar-refractivity contribution in [2.45, 2.75) is 17.9 Å². The van der Waals surface area contributed by atoms with Crippen molar-refractivity contribution < 1.29 is 22.0 Å². The van der Waals surface area contributed by atoms with Crippen molar-refractivity contribution in [3.63, 3.8) is 0 Å². The molecule has 0 saturated heterocycles. The molecule has 0 radical (unpaired) electrons. The zero-order valence-corrected chi connectivity index (χ0v) is 20.1. The molecule has 0 saturated carbocycles. The highest BCUT2D eigenvalue weighted by Crippen LogP contribution is 2.28. The molecule has 1 atom stereocenters. The molecule has 0 aliphatic heterocycles. The topological polar surface area (TPSA) is 101 Å². The summed E-state index contributed by atoms with van der Waals surface area (Å²) in [7, 11) is -4.12. The number of halogens is 3. The molecule has 0 bridgehead atoms. The second-order valence-corrected chi connectivity index (χ2v) is 10.1. The first-order valence-corrected chi connectivity index (χ1v) is 12.5. The molecule has 4 rings (SSSR count). The quantitative estimate of drug-likeness (QED) is 0.349. The fourth-order valence-corrected chi connectivity index (χ4v) is 5.40. The Labute approximate surface area is 200 Å². The summed E-state index contributed by atoms with van der Waals surface area (Å²) in [6.45, 7) is 1.53. The van der Waals surface area contributed by atoms with Crippen molar-refractivity contribution in [2.75, 3.05) is 4.72 Å². The Morgan fingerprint density at radius 2 is 1.88 bits per heavy atom. The van der Waals surface area contributed by atoms with Crippen molar-refractivity contribution in [1.29, 1.82) is 0 Å². The van der Waals surface area contributed by atoms with Gasteiger partial charge in [0.25, 0.3) is 15.9 Å². The van der Waals surface area contributed by atoms with Crippen molar-refractivity contribution in [2.24, 2.45) is 0 Å². The molecule has 3 aromatic carbocycles. The van der Waals surface area contributed by atoms with Gasteiger partial charge in [0.1, 0.15) is 27.6 Å². The molecule has 170 valence electrons. The number of amides is 1. The van der Waals surface area contributed by atoms with Gasteiger partial charge in [0.15, 0.2) is 0 Å². The number of carbonyl (C=O) groups excluding carboxylic acids is 1. The second-order valence-electron chi connectivity index (χ2n) is 7.04. The molecule has 0 aliphatic carbocycles. The lowest BCUT2D eigenvalue weighted by Crippen LogP contribution is -2.28. The molecule has 0 spiro atoms. The van der Waals surface area contributed by atoms with Crippen LogP contribution in [0.1, 0.15) is 28.9 Å². The summed E-state index contributed by atoms with van der Waals surface area (Å²) in [5, 5.41) is 2.61. The summed E-state index contributed by atoms with van der Waals surface area (Å²) in [5.74, 6) is -2.18. The third-order valence-electron chi connectivity index (χ3n) is 4.79. The lowest BCUT2D eigenvalue weighted by Gasteiger charge is -2.18. The largest absolute Gasteiger partial charge is 0.345 e. The maximum atomic E-state index is 14.1. The van der Waals surface area contributed by atoms with Crippen LogP contribution in [0, 0.1) is 11.6 Å². The first-order valence-electron chi connectivity index (χ1n) is 9.45. The first-order chi connectivity index (χ1) is 15.7. The van der Waals surface area contributed by atoms with Gasteiger partial charge in [-0.3, -0.25) is 9.52 Å². The summed E-state index contributed by atoms with van der Waals surface area (Å²) >= 11 is 4.16. The smallest absolute Gasteiger partial charge is 0.264 e. The Kier molecular flexibility index (Phi) is 6.41. The van der Waals surface area contributed by atoms with E-state index >= 15 is 0 Å². The Balaban J connectivity index is 1.65. The number of rotatable bonds is 6. The standard InChI is InChI=1S/C21H15BrF2N4O3S2/c1-11(14-8-6-13(23)10-16(14)24)25-21(29)15-7-5-12(22)9-18(15)28-33(30,31)19-4-2-3-17-20(19)27-32-26-17/h2-11,28H,1H3,(H,25,29). The average Bonchev–Trinajstić information content (AvgIpc) is 3.22. The number of hydrogen-bond donors (Lipinski definition) is 2. The van der Waals surface area contributed by atoms with Crippen LogP contribution >= 0.6 is 27.7 Å². The van der Waals surface area contributed by atoms with Gasteiger partial charge in [-0.2, -0.15) is 8.75 Å². The minimum Gasteiger partial charge on any atom is -0.345 e. The van der Waals surface area contributed by atoms with Crippen LogP contribution in [0.25, 0.3) is 11.0 Å². The third kappa shape index (κ3) is 4.87. The maximum Gasteiger partial charge on any atom is 0.264 e. The van der Waals surface area contributed by atoms with Crippen LogP contribution in [0.4, 0.5) is 14.5 Å².